The van der Waals surface area contributed by atoms with Crippen molar-refractivity contribution in [3.63, 3.8) is 0 Å². The van der Waals surface area contributed by atoms with Crippen molar-refractivity contribution < 1.29 is 28.6 Å². The summed E-state index contributed by atoms with van der Waals surface area (Å²) in [5, 5.41) is 0. The molecule has 0 heterocycles. The maximum absolute atomic E-state index is 11.7. The van der Waals surface area contributed by atoms with Crippen molar-refractivity contribution >= 4 is 17.9 Å². The number of hydrogen-bond acceptors (Lipinski definition) is 6. The average Bonchev–Trinajstić information content (AvgIpc) is 2.42. The van der Waals surface area contributed by atoms with Crippen LogP contribution in [0.2, 0.25) is 0 Å². The molecule has 0 saturated heterocycles. The molecule has 0 aliphatic carbocycles. The van der Waals surface area contributed by atoms with Gasteiger partial charge in [-0.3, -0.25) is 9.59 Å². The van der Waals surface area contributed by atoms with Gasteiger partial charge in [-0.1, -0.05) is 18.2 Å². The van der Waals surface area contributed by atoms with Crippen molar-refractivity contribution in [2.75, 3.05) is 13.2 Å². The van der Waals surface area contributed by atoms with E-state index in [4.69, 9.17) is 14.2 Å². The molecule has 6 heteroatoms. The van der Waals surface area contributed by atoms with Crippen LogP contribution in [0.25, 0.3) is 0 Å². The van der Waals surface area contributed by atoms with Gasteiger partial charge >= 0.3 is 17.9 Å². The van der Waals surface area contributed by atoms with Crippen molar-refractivity contribution in [2.45, 2.75) is 20.0 Å². The Balaban J connectivity index is 2.50. The predicted octanol–water partition coefficient (Wildman–Crippen LogP) is 1.34. The number of hydrogen-bond donors (Lipinski definition) is 0. The topological polar surface area (TPSA) is 78.9 Å². The molecule has 0 aliphatic heterocycles. The summed E-state index contributed by atoms with van der Waals surface area (Å²) >= 11 is 0. The maximum atomic E-state index is 11.7. The fourth-order valence-corrected chi connectivity index (χ4v) is 1.39. The van der Waals surface area contributed by atoms with Crippen LogP contribution in [0.3, 0.4) is 0 Å². The lowest BCUT2D eigenvalue weighted by Crippen LogP contribution is -2.29. The molecule has 1 unspecified atom stereocenters. The molecule has 6 nitrogen and oxygen atoms in total. The number of esters is 3. The molecule has 0 aliphatic rings. The molecule has 0 fully saturated rings. The van der Waals surface area contributed by atoms with E-state index in [0.29, 0.717) is 5.56 Å². The van der Waals surface area contributed by atoms with Crippen LogP contribution < -0.4 is 0 Å². The zero-order valence-corrected chi connectivity index (χ0v) is 11.3. The summed E-state index contributed by atoms with van der Waals surface area (Å²) in [5.74, 6) is -1.58. The summed E-state index contributed by atoms with van der Waals surface area (Å²) < 4.78 is 14.6. The lowest BCUT2D eigenvalue weighted by atomic mass is 10.2. The van der Waals surface area contributed by atoms with E-state index in [0.717, 1.165) is 0 Å². The van der Waals surface area contributed by atoms with Gasteiger partial charge in [-0.2, -0.15) is 0 Å². The van der Waals surface area contributed by atoms with E-state index in [-0.39, 0.29) is 13.2 Å². The quantitative estimate of drug-likeness (QED) is 0.578. The van der Waals surface area contributed by atoms with Gasteiger partial charge in [0, 0.05) is 13.8 Å². The minimum Gasteiger partial charge on any atom is -0.462 e. The standard InChI is InChI=1S/C14H16O6/c1-10(15)18-8-13(20-11(2)16)9-19-14(17)12-6-4-3-5-7-12/h3-7,13H,8-9H2,1-2H3. The van der Waals surface area contributed by atoms with Gasteiger partial charge in [-0.15, -0.1) is 0 Å². The minimum atomic E-state index is -0.816. The van der Waals surface area contributed by atoms with Crippen LogP contribution in [0.4, 0.5) is 0 Å². The van der Waals surface area contributed by atoms with E-state index < -0.39 is 24.0 Å². The molecule has 0 N–H and O–H groups in total. The van der Waals surface area contributed by atoms with Crippen LogP contribution in [-0.4, -0.2) is 37.2 Å². The highest BCUT2D eigenvalue weighted by molar-refractivity contribution is 5.89. The molecular formula is C14H16O6. The number of ether oxygens (including phenoxy) is 3. The summed E-state index contributed by atoms with van der Waals surface area (Å²) in [6.45, 7) is 2.12. The van der Waals surface area contributed by atoms with Crippen molar-refractivity contribution in [2.24, 2.45) is 0 Å². The lowest BCUT2D eigenvalue weighted by molar-refractivity contribution is -0.158. The van der Waals surface area contributed by atoms with Crippen LogP contribution in [0, 0.1) is 0 Å². The molecule has 0 amide bonds. The number of carbonyl (C=O) groups excluding carboxylic acids is 3. The van der Waals surface area contributed by atoms with Crippen molar-refractivity contribution in [3.8, 4) is 0 Å². The van der Waals surface area contributed by atoms with Gasteiger partial charge in [0.25, 0.3) is 0 Å². The molecule has 0 spiro atoms. The van der Waals surface area contributed by atoms with Crippen LogP contribution in [-0.2, 0) is 23.8 Å². The van der Waals surface area contributed by atoms with Gasteiger partial charge in [-0.05, 0) is 12.1 Å². The average molecular weight is 280 g/mol. The maximum Gasteiger partial charge on any atom is 0.338 e. The van der Waals surface area contributed by atoms with Gasteiger partial charge < -0.3 is 14.2 Å². The molecular weight excluding hydrogens is 264 g/mol. The number of rotatable bonds is 6. The van der Waals surface area contributed by atoms with E-state index in [9.17, 15) is 14.4 Å². The second kappa shape index (κ2) is 7.93. The molecule has 0 saturated carbocycles. The van der Waals surface area contributed by atoms with Crippen molar-refractivity contribution in [3.05, 3.63) is 35.9 Å². The van der Waals surface area contributed by atoms with E-state index in [1.165, 1.54) is 13.8 Å². The molecule has 1 rings (SSSR count). The lowest BCUT2D eigenvalue weighted by Gasteiger charge is -2.16. The Morgan fingerprint density at radius 3 is 2.10 bits per heavy atom. The van der Waals surface area contributed by atoms with Crippen molar-refractivity contribution in [1.29, 1.82) is 0 Å². The highest BCUT2D eigenvalue weighted by atomic mass is 16.6. The van der Waals surface area contributed by atoms with Crippen LogP contribution in [0.1, 0.15) is 24.2 Å². The van der Waals surface area contributed by atoms with E-state index >= 15 is 0 Å². The van der Waals surface area contributed by atoms with Gasteiger partial charge in [0.05, 0.1) is 5.56 Å². The van der Waals surface area contributed by atoms with Gasteiger partial charge in [0.15, 0.2) is 6.10 Å². The Morgan fingerprint density at radius 1 is 0.950 bits per heavy atom. The SMILES string of the molecule is CC(=O)OCC(COC(=O)c1ccccc1)OC(C)=O. The van der Waals surface area contributed by atoms with Gasteiger partial charge in [-0.25, -0.2) is 4.79 Å². The first-order chi connectivity index (χ1) is 9.49. The summed E-state index contributed by atoms with van der Waals surface area (Å²) in [6, 6.07) is 8.40. The molecule has 0 aromatic heterocycles. The molecule has 108 valence electrons. The molecule has 1 aromatic carbocycles. The molecule has 0 radical (unpaired) electrons. The van der Waals surface area contributed by atoms with Crippen molar-refractivity contribution in [1.82, 2.24) is 0 Å². The Hall–Kier alpha value is -2.37. The largest absolute Gasteiger partial charge is 0.462 e. The number of carbonyl (C=O) groups is 3. The molecule has 0 bridgehead atoms. The third-order valence-electron chi connectivity index (χ3n) is 2.21. The normalized spacial score (nSPS) is 11.3. The second-order valence-electron chi connectivity index (χ2n) is 4.00. The number of benzene rings is 1. The molecule has 1 atom stereocenters. The van der Waals surface area contributed by atoms with Gasteiger partial charge in [0.1, 0.15) is 13.2 Å². The zero-order valence-electron chi connectivity index (χ0n) is 11.3. The summed E-state index contributed by atoms with van der Waals surface area (Å²) in [6.07, 6.45) is -0.816. The summed E-state index contributed by atoms with van der Waals surface area (Å²) in [5.41, 5.74) is 0.390. The highest BCUT2D eigenvalue weighted by Crippen LogP contribution is 2.03. The van der Waals surface area contributed by atoms with Crippen LogP contribution >= 0.6 is 0 Å². The van der Waals surface area contributed by atoms with E-state index in [1.54, 1.807) is 30.3 Å². The van der Waals surface area contributed by atoms with Gasteiger partial charge in [0.2, 0.25) is 0 Å². The molecule has 1 aromatic rings. The Kier molecular flexibility index (Phi) is 6.22. The fourth-order valence-electron chi connectivity index (χ4n) is 1.39. The third kappa shape index (κ3) is 5.99. The summed E-state index contributed by atoms with van der Waals surface area (Å²) in [7, 11) is 0. The third-order valence-corrected chi connectivity index (χ3v) is 2.21. The smallest absolute Gasteiger partial charge is 0.338 e. The van der Waals surface area contributed by atoms with E-state index in [1.807, 2.05) is 0 Å². The Morgan fingerprint density at radius 2 is 1.55 bits per heavy atom. The molecule has 20 heavy (non-hydrogen) atoms. The first kappa shape index (κ1) is 15.7. The van der Waals surface area contributed by atoms with E-state index in [2.05, 4.69) is 0 Å². The zero-order chi connectivity index (χ0) is 15.0. The predicted molar refractivity (Wildman–Crippen MR) is 68.9 cm³/mol. The fraction of sp³-hybridized carbons (Fsp3) is 0.357. The second-order valence-corrected chi connectivity index (χ2v) is 4.00. The Labute approximate surface area is 116 Å². The Bertz CT molecular complexity index is 468. The summed E-state index contributed by atoms with van der Waals surface area (Å²) in [4.78, 5) is 33.3. The van der Waals surface area contributed by atoms with Crippen LogP contribution in [0.5, 0.6) is 0 Å². The monoisotopic (exact) mass is 280 g/mol. The highest BCUT2D eigenvalue weighted by Gasteiger charge is 2.17. The minimum absolute atomic E-state index is 0.156. The van der Waals surface area contributed by atoms with Crippen LogP contribution in [0.15, 0.2) is 30.3 Å². The first-order valence-corrected chi connectivity index (χ1v) is 6.01. The first-order valence-electron chi connectivity index (χ1n) is 6.01.